The molecule has 1 aromatic carbocycles. The number of nitrogens with zero attached hydrogens (tertiary/aromatic N) is 4. The van der Waals surface area contributed by atoms with Crippen LogP contribution in [0.25, 0.3) is 11.5 Å². The van der Waals surface area contributed by atoms with E-state index in [1.54, 1.807) is 19.1 Å². The van der Waals surface area contributed by atoms with E-state index in [-0.39, 0.29) is 23.6 Å². The van der Waals surface area contributed by atoms with E-state index >= 15 is 0 Å². The fraction of sp³-hybridized carbons (Fsp3) is 0.500. The first kappa shape index (κ1) is 19.0. The quantitative estimate of drug-likeness (QED) is 0.431. The van der Waals surface area contributed by atoms with Gasteiger partial charge in [-0.2, -0.15) is 0 Å². The van der Waals surface area contributed by atoms with Crippen molar-refractivity contribution < 1.29 is 18.9 Å². The van der Waals surface area contributed by atoms with E-state index < -0.39 is 4.92 Å². The second-order valence-electron chi connectivity index (χ2n) is 6.51. The Morgan fingerprint density at radius 2 is 2.15 bits per heavy atom. The highest BCUT2D eigenvalue weighted by Gasteiger charge is 2.31. The zero-order valence-corrected chi connectivity index (χ0v) is 15.3. The van der Waals surface area contributed by atoms with E-state index in [1.165, 1.54) is 12.1 Å². The number of piperidine rings is 1. The van der Waals surface area contributed by atoms with Gasteiger partial charge >= 0.3 is 5.97 Å². The van der Waals surface area contributed by atoms with Crippen LogP contribution in [0.5, 0.6) is 0 Å². The van der Waals surface area contributed by atoms with Gasteiger partial charge in [0.2, 0.25) is 11.8 Å². The molecule has 0 spiro atoms. The highest BCUT2D eigenvalue weighted by molar-refractivity contribution is 5.72. The Labute approximate surface area is 156 Å². The number of benzene rings is 1. The lowest BCUT2D eigenvalue weighted by Crippen LogP contribution is -2.40. The standard InChI is InChI=1S/C18H22N4O5/c1-3-26-18(23)14-5-4-10-21(11-14)12(2)16-19-20-17(27-16)13-6-8-15(9-7-13)22(24)25/h6-9,12,14H,3-5,10-11H2,1-2H3/t12-,14-/m1/s1. The molecule has 0 unspecified atom stereocenters. The Balaban J connectivity index is 1.70. The van der Waals surface area contributed by atoms with Crippen LogP contribution < -0.4 is 0 Å². The summed E-state index contributed by atoms with van der Waals surface area (Å²) < 4.78 is 10.9. The summed E-state index contributed by atoms with van der Waals surface area (Å²) in [6, 6.07) is 5.82. The number of aromatic nitrogens is 2. The molecule has 2 heterocycles. The number of carbonyl (C=O) groups is 1. The van der Waals surface area contributed by atoms with Gasteiger partial charge in [-0.15, -0.1) is 10.2 Å². The fourth-order valence-corrected chi connectivity index (χ4v) is 3.21. The minimum Gasteiger partial charge on any atom is -0.466 e. The van der Waals surface area contributed by atoms with Gasteiger partial charge in [-0.3, -0.25) is 19.8 Å². The SMILES string of the molecule is CCOC(=O)[C@@H]1CCCN([C@H](C)c2nnc(-c3ccc([N+](=O)[O-])cc3)o2)C1. The predicted molar refractivity (Wildman–Crippen MR) is 95.7 cm³/mol. The van der Waals surface area contributed by atoms with Crippen molar-refractivity contribution in [2.24, 2.45) is 5.92 Å². The van der Waals surface area contributed by atoms with Crippen molar-refractivity contribution in [3.8, 4) is 11.5 Å². The number of non-ortho nitro benzene ring substituents is 1. The Bertz CT molecular complexity index is 804. The number of esters is 1. The minimum absolute atomic E-state index is 0.00480. The number of likely N-dealkylation sites (tertiary alicyclic amines) is 1. The molecule has 9 nitrogen and oxygen atoms in total. The van der Waals surface area contributed by atoms with Gasteiger partial charge in [0.15, 0.2) is 0 Å². The molecule has 0 bridgehead atoms. The van der Waals surface area contributed by atoms with Gasteiger partial charge in [-0.1, -0.05) is 0 Å². The maximum atomic E-state index is 12.0. The van der Waals surface area contributed by atoms with Crippen LogP contribution in [0.1, 0.15) is 38.6 Å². The van der Waals surface area contributed by atoms with Crippen LogP contribution in [0.4, 0.5) is 5.69 Å². The van der Waals surface area contributed by atoms with E-state index in [0.29, 0.717) is 30.5 Å². The van der Waals surface area contributed by atoms with Crippen molar-refractivity contribution in [3.63, 3.8) is 0 Å². The largest absolute Gasteiger partial charge is 0.466 e. The van der Waals surface area contributed by atoms with E-state index in [0.717, 1.165) is 19.4 Å². The number of hydrogen-bond acceptors (Lipinski definition) is 8. The average Bonchev–Trinajstić information content (AvgIpc) is 3.18. The maximum absolute atomic E-state index is 12.0. The van der Waals surface area contributed by atoms with Crippen molar-refractivity contribution >= 4 is 11.7 Å². The molecule has 0 aliphatic carbocycles. The first-order valence-electron chi connectivity index (χ1n) is 8.98. The van der Waals surface area contributed by atoms with Gasteiger partial charge in [0.05, 0.1) is 23.5 Å². The van der Waals surface area contributed by atoms with Gasteiger partial charge in [0.25, 0.3) is 5.69 Å². The number of ether oxygens (including phenoxy) is 1. The van der Waals surface area contributed by atoms with Crippen LogP contribution in [0.15, 0.2) is 28.7 Å². The third-order valence-electron chi connectivity index (χ3n) is 4.74. The molecule has 27 heavy (non-hydrogen) atoms. The van der Waals surface area contributed by atoms with Crippen molar-refractivity contribution in [2.75, 3.05) is 19.7 Å². The van der Waals surface area contributed by atoms with E-state index in [4.69, 9.17) is 9.15 Å². The molecule has 144 valence electrons. The normalized spacial score (nSPS) is 18.8. The molecule has 0 amide bonds. The molecule has 0 saturated carbocycles. The smallest absolute Gasteiger partial charge is 0.310 e. The van der Waals surface area contributed by atoms with Crippen LogP contribution in [-0.2, 0) is 9.53 Å². The highest BCUT2D eigenvalue weighted by atomic mass is 16.6. The summed E-state index contributed by atoms with van der Waals surface area (Å²) in [5.41, 5.74) is 0.625. The molecule has 3 rings (SSSR count). The Kier molecular flexibility index (Phi) is 5.80. The summed E-state index contributed by atoms with van der Waals surface area (Å²) in [6.07, 6.45) is 1.72. The molecule has 2 aromatic rings. The molecule has 0 radical (unpaired) electrons. The summed E-state index contributed by atoms with van der Waals surface area (Å²) in [7, 11) is 0. The number of hydrogen-bond donors (Lipinski definition) is 0. The number of nitro benzene ring substituents is 1. The van der Waals surface area contributed by atoms with Gasteiger partial charge in [0.1, 0.15) is 0 Å². The Morgan fingerprint density at radius 3 is 2.81 bits per heavy atom. The number of carbonyl (C=O) groups excluding carboxylic acids is 1. The predicted octanol–water partition coefficient (Wildman–Crippen LogP) is 2.98. The summed E-state index contributed by atoms with van der Waals surface area (Å²) in [4.78, 5) is 24.4. The van der Waals surface area contributed by atoms with Crippen LogP contribution >= 0.6 is 0 Å². The first-order valence-corrected chi connectivity index (χ1v) is 8.98. The second kappa shape index (κ2) is 8.26. The van der Waals surface area contributed by atoms with Gasteiger partial charge < -0.3 is 9.15 Å². The minimum atomic E-state index is -0.457. The van der Waals surface area contributed by atoms with Gasteiger partial charge in [-0.05, 0) is 45.4 Å². The average molecular weight is 374 g/mol. The monoisotopic (exact) mass is 374 g/mol. The van der Waals surface area contributed by atoms with E-state index in [2.05, 4.69) is 15.1 Å². The van der Waals surface area contributed by atoms with Crippen molar-refractivity contribution in [3.05, 3.63) is 40.3 Å². The van der Waals surface area contributed by atoms with Crippen LogP contribution in [0.3, 0.4) is 0 Å². The lowest BCUT2D eigenvalue weighted by atomic mass is 9.97. The lowest BCUT2D eigenvalue weighted by molar-refractivity contribution is -0.384. The molecular formula is C18H22N4O5. The third kappa shape index (κ3) is 4.30. The highest BCUT2D eigenvalue weighted by Crippen LogP contribution is 2.29. The Hall–Kier alpha value is -2.81. The zero-order chi connectivity index (χ0) is 19.4. The summed E-state index contributed by atoms with van der Waals surface area (Å²) in [6.45, 7) is 5.58. The Morgan fingerprint density at radius 1 is 1.41 bits per heavy atom. The molecule has 0 N–H and O–H groups in total. The molecular weight excluding hydrogens is 352 g/mol. The second-order valence-corrected chi connectivity index (χ2v) is 6.51. The number of nitro groups is 1. The molecule has 1 saturated heterocycles. The summed E-state index contributed by atoms with van der Waals surface area (Å²) >= 11 is 0. The molecule has 9 heteroatoms. The summed E-state index contributed by atoms with van der Waals surface area (Å²) in [5.74, 6) is 0.461. The third-order valence-corrected chi connectivity index (χ3v) is 4.74. The molecule has 1 aliphatic rings. The zero-order valence-electron chi connectivity index (χ0n) is 15.3. The van der Waals surface area contributed by atoms with E-state index in [1.807, 2.05) is 6.92 Å². The molecule has 1 aromatic heterocycles. The molecule has 1 aliphatic heterocycles. The van der Waals surface area contributed by atoms with Crippen LogP contribution in [-0.4, -0.2) is 45.7 Å². The molecule has 1 fully saturated rings. The van der Waals surface area contributed by atoms with Crippen LogP contribution in [0, 0.1) is 16.0 Å². The van der Waals surface area contributed by atoms with Gasteiger partial charge in [0, 0.05) is 24.2 Å². The first-order chi connectivity index (χ1) is 13.0. The molecule has 2 atom stereocenters. The lowest BCUT2D eigenvalue weighted by Gasteiger charge is -2.34. The van der Waals surface area contributed by atoms with E-state index in [9.17, 15) is 14.9 Å². The van der Waals surface area contributed by atoms with Crippen molar-refractivity contribution in [2.45, 2.75) is 32.7 Å². The fourth-order valence-electron chi connectivity index (χ4n) is 3.21. The summed E-state index contributed by atoms with van der Waals surface area (Å²) in [5, 5.41) is 18.9. The van der Waals surface area contributed by atoms with Gasteiger partial charge in [-0.25, -0.2) is 0 Å². The van der Waals surface area contributed by atoms with Crippen LogP contribution in [0.2, 0.25) is 0 Å². The number of rotatable bonds is 6. The maximum Gasteiger partial charge on any atom is 0.310 e. The topological polar surface area (TPSA) is 112 Å². The van der Waals surface area contributed by atoms with Crippen molar-refractivity contribution in [1.82, 2.24) is 15.1 Å². The van der Waals surface area contributed by atoms with Crippen molar-refractivity contribution in [1.29, 1.82) is 0 Å².